The number of nitrogens with one attached hydrogen (secondary N) is 1. The van der Waals surface area contributed by atoms with E-state index >= 15 is 0 Å². The van der Waals surface area contributed by atoms with Crippen molar-refractivity contribution in [3.8, 4) is 10.6 Å². The Morgan fingerprint density at radius 2 is 1.91 bits per heavy atom. The first-order valence-corrected chi connectivity index (χ1v) is 7.79. The quantitative estimate of drug-likeness (QED) is 0.878. The van der Waals surface area contributed by atoms with Gasteiger partial charge in [0.1, 0.15) is 9.88 Å². The molecule has 0 aliphatic heterocycles. The molecule has 0 aliphatic rings. The predicted octanol–water partition coefficient (Wildman–Crippen LogP) is 3.80. The largest absolute Gasteiger partial charge is 0.477 e. The zero-order chi connectivity index (χ0) is 16.3. The topological polar surface area (TPSA) is 79.3 Å². The van der Waals surface area contributed by atoms with Crippen LogP contribution in [-0.2, 0) is 4.79 Å². The average molecular weight is 318 g/mol. The van der Waals surface area contributed by atoms with E-state index in [1.807, 2.05) is 26.0 Å². The Labute approximate surface area is 133 Å². The van der Waals surface area contributed by atoms with Crippen LogP contribution in [0.1, 0.15) is 35.6 Å². The minimum absolute atomic E-state index is 0.0130. The number of hydrogen-bond donors (Lipinski definition) is 2. The number of carbonyl (C=O) groups is 2. The molecule has 116 valence electrons. The molecular formula is C16H18N2O3S. The van der Waals surface area contributed by atoms with Crippen LogP contribution in [0.15, 0.2) is 24.3 Å². The van der Waals surface area contributed by atoms with Gasteiger partial charge in [-0.05, 0) is 37.1 Å². The smallest absolute Gasteiger partial charge is 0.347 e. The fourth-order valence-electron chi connectivity index (χ4n) is 2.00. The van der Waals surface area contributed by atoms with Gasteiger partial charge in [-0.3, -0.25) is 4.79 Å². The van der Waals surface area contributed by atoms with Crippen LogP contribution in [0.5, 0.6) is 0 Å². The number of amides is 1. The molecule has 1 aromatic heterocycles. The zero-order valence-corrected chi connectivity index (χ0v) is 13.5. The lowest BCUT2D eigenvalue weighted by Gasteiger charge is -2.07. The fourth-order valence-corrected chi connectivity index (χ4v) is 2.91. The van der Waals surface area contributed by atoms with Gasteiger partial charge in [-0.15, -0.1) is 11.3 Å². The molecule has 0 unspecified atom stereocenters. The SMILES string of the molecule is Cc1nc(-c2ccc(NC(=O)CC(C)C)cc2)sc1C(=O)O. The molecule has 2 N–H and O–H groups in total. The maximum Gasteiger partial charge on any atom is 0.347 e. The molecule has 0 aliphatic carbocycles. The van der Waals surface area contributed by atoms with Crippen molar-refractivity contribution in [2.75, 3.05) is 5.32 Å². The number of nitrogens with zero attached hydrogens (tertiary/aromatic N) is 1. The summed E-state index contributed by atoms with van der Waals surface area (Å²) in [6, 6.07) is 7.25. The number of aryl methyl sites for hydroxylation is 1. The third kappa shape index (κ3) is 3.92. The molecule has 6 heteroatoms. The molecule has 0 spiro atoms. The van der Waals surface area contributed by atoms with Crippen LogP contribution in [0.3, 0.4) is 0 Å². The normalized spacial score (nSPS) is 10.7. The van der Waals surface area contributed by atoms with Crippen molar-refractivity contribution in [1.82, 2.24) is 4.98 Å². The molecule has 0 atom stereocenters. The maximum absolute atomic E-state index is 11.7. The van der Waals surface area contributed by atoms with E-state index in [2.05, 4.69) is 10.3 Å². The molecule has 0 fully saturated rings. The van der Waals surface area contributed by atoms with Crippen molar-refractivity contribution in [2.24, 2.45) is 5.92 Å². The fraction of sp³-hybridized carbons (Fsp3) is 0.312. The van der Waals surface area contributed by atoms with Crippen molar-refractivity contribution in [3.05, 3.63) is 34.8 Å². The summed E-state index contributed by atoms with van der Waals surface area (Å²) in [6.45, 7) is 5.67. The molecule has 5 nitrogen and oxygen atoms in total. The molecule has 1 amide bonds. The molecule has 0 bridgehead atoms. The Morgan fingerprint density at radius 1 is 1.27 bits per heavy atom. The number of rotatable bonds is 5. The van der Waals surface area contributed by atoms with Crippen LogP contribution in [0.25, 0.3) is 10.6 Å². The van der Waals surface area contributed by atoms with Gasteiger partial charge < -0.3 is 10.4 Å². The maximum atomic E-state index is 11.7. The number of thiazole rings is 1. The van der Waals surface area contributed by atoms with Crippen LogP contribution >= 0.6 is 11.3 Å². The number of carboxylic acids is 1. The van der Waals surface area contributed by atoms with E-state index in [-0.39, 0.29) is 10.8 Å². The number of carbonyl (C=O) groups excluding carboxylic acids is 1. The molecule has 1 aromatic carbocycles. The van der Waals surface area contributed by atoms with E-state index in [0.29, 0.717) is 23.0 Å². The molecule has 2 aromatic rings. The first-order chi connectivity index (χ1) is 10.4. The van der Waals surface area contributed by atoms with E-state index in [1.54, 1.807) is 19.1 Å². The second-order valence-electron chi connectivity index (χ2n) is 5.46. The van der Waals surface area contributed by atoms with Gasteiger partial charge in [0.05, 0.1) is 5.69 Å². The summed E-state index contributed by atoms with van der Waals surface area (Å²) in [6.07, 6.45) is 0.482. The predicted molar refractivity (Wildman–Crippen MR) is 87.3 cm³/mol. The molecule has 0 radical (unpaired) electrons. The van der Waals surface area contributed by atoms with E-state index in [9.17, 15) is 9.59 Å². The molecule has 22 heavy (non-hydrogen) atoms. The van der Waals surface area contributed by atoms with Gasteiger partial charge in [-0.1, -0.05) is 13.8 Å². The minimum atomic E-state index is -0.959. The van der Waals surface area contributed by atoms with Crippen LogP contribution in [0.2, 0.25) is 0 Å². The highest BCUT2D eigenvalue weighted by Crippen LogP contribution is 2.28. The first-order valence-electron chi connectivity index (χ1n) is 6.98. The summed E-state index contributed by atoms with van der Waals surface area (Å²) < 4.78 is 0. The molecule has 2 rings (SSSR count). The van der Waals surface area contributed by atoms with Gasteiger partial charge in [0.2, 0.25) is 5.91 Å². The summed E-state index contributed by atoms with van der Waals surface area (Å²) in [4.78, 5) is 27.3. The van der Waals surface area contributed by atoms with Crippen molar-refractivity contribution in [1.29, 1.82) is 0 Å². The Morgan fingerprint density at radius 3 is 2.41 bits per heavy atom. The lowest BCUT2D eigenvalue weighted by atomic mass is 10.1. The van der Waals surface area contributed by atoms with E-state index < -0.39 is 5.97 Å². The third-order valence-electron chi connectivity index (χ3n) is 3.00. The molecule has 1 heterocycles. The van der Waals surface area contributed by atoms with Crippen LogP contribution in [0, 0.1) is 12.8 Å². The summed E-state index contributed by atoms with van der Waals surface area (Å²) in [5.74, 6) is -0.660. The third-order valence-corrected chi connectivity index (χ3v) is 4.19. The molecular weight excluding hydrogens is 300 g/mol. The van der Waals surface area contributed by atoms with Gasteiger partial charge in [0.15, 0.2) is 0 Å². The molecule has 0 saturated carbocycles. The van der Waals surface area contributed by atoms with E-state index in [4.69, 9.17) is 5.11 Å². The second-order valence-corrected chi connectivity index (χ2v) is 6.46. The number of hydrogen-bond acceptors (Lipinski definition) is 4. The highest BCUT2D eigenvalue weighted by molar-refractivity contribution is 7.17. The lowest BCUT2D eigenvalue weighted by molar-refractivity contribution is -0.116. The van der Waals surface area contributed by atoms with E-state index in [1.165, 1.54) is 0 Å². The first kappa shape index (κ1) is 16.2. The van der Waals surface area contributed by atoms with Gasteiger partial charge in [0.25, 0.3) is 0 Å². The second kappa shape index (κ2) is 6.70. The van der Waals surface area contributed by atoms with Crippen LogP contribution < -0.4 is 5.32 Å². The Hall–Kier alpha value is -2.21. The summed E-state index contributed by atoms with van der Waals surface area (Å²) in [5.41, 5.74) is 2.07. The van der Waals surface area contributed by atoms with Gasteiger partial charge in [-0.2, -0.15) is 0 Å². The van der Waals surface area contributed by atoms with Crippen molar-refractivity contribution < 1.29 is 14.7 Å². The number of aromatic nitrogens is 1. The highest BCUT2D eigenvalue weighted by atomic mass is 32.1. The zero-order valence-electron chi connectivity index (χ0n) is 12.7. The van der Waals surface area contributed by atoms with Crippen molar-refractivity contribution >= 4 is 28.9 Å². The average Bonchev–Trinajstić information content (AvgIpc) is 2.81. The van der Waals surface area contributed by atoms with Crippen LogP contribution in [-0.4, -0.2) is 22.0 Å². The number of benzene rings is 1. The lowest BCUT2D eigenvalue weighted by Crippen LogP contribution is -2.13. The van der Waals surface area contributed by atoms with E-state index in [0.717, 1.165) is 22.6 Å². The van der Waals surface area contributed by atoms with Gasteiger partial charge >= 0.3 is 5.97 Å². The van der Waals surface area contributed by atoms with Gasteiger partial charge in [-0.25, -0.2) is 9.78 Å². The number of carboxylic acid groups (broad SMARTS) is 1. The van der Waals surface area contributed by atoms with Crippen molar-refractivity contribution in [2.45, 2.75) is 27.2 Å². The highest BCUT2D eigenvalue weighted by Gasteiger charge is 2.15. The minimum Gasteiger partial charge on any atom is -0.477 e. The van der Waals surface area contributed by atoms with Gasteiger partial charge in [0, 0.05) is 17.7 Å². The number of anilines is 1. The Balaban J connectivity index is 2.13. The number of aromatic carboxylic acids is 1. The summed E-state index contributed by atoms with van der Waals surface area (Å²) in [7, 11) is 0. The van der Waals surface area contributed by atoms with Crippen molar-refractivity contribution in [3.63, 3.8) is 0 Å². The monoisotopic (exact) mass is 318 g/mol. The molecule has 0 saturated heterocycles. The summed E-state index contributed by atoms with van der Waals surface area (Å²) in [5, 5.41) is 12.6. The Bertz CT molecular complexity index is 690. The standard InChI is InChI=1S/C16H18N2O3S/c1-9(2)8-13(19)18-12-6-4-11(5-7-12)15-17-10(3)14(22-15)16(20)21/h4-7,9H,8H2,1-3H3,(H,18,19)(H,20,21). The summed E-state index contributed by atoms with van der Waals surface area (Å²) >= 11 is 1.15. The Kier molecular flexibility index (Phi) is 4.92. The van der Waals surface area contributed by atoms with Crippen LogP contribution in [0.4, 0.5) is 5.69 Å².